The molecule has 0 saturated heterocycles. The molecule has 0 aromatic heterocycles. The molecule has 0 aliphatic heterocycles. The van der Waals surface area contributed by atoms with E-state index in [4.69, 9.17) is 32.7 Å². The minimum Gasteiger partial charge on any atom is -0.469 e. The third-order valence-electron chi connectivity index (χ3n) is 4.51. The second-order valence-electron chi connectivity index (χ2n) is 6.20. The van der Waals surface area contributed by atoms with E-state index in [1.165, 1.54) is 26.2 Å². The fourth-order valence-electron chi connectivity index (χ4n) is 3.39. The average Bonchev–Trinajstić information content (AvgIpc) is 2.54. The number of benzene rings is 1. The Bertz CT molecular complexity index is 715. The lowest BCUT2D eigenvalue weighted by Crippen LogP contribution is -2.55. The smallest absolute Gasteiger partial charge is 0.316 e. The standard InChI is InChI=1S/C17H18Cl2O6/c1-17(23)7-11(20)13(15(21)24-2)12(14(17)16(22)25-3)8-4-5-9(18)10(19)6-8/h4-6,12-14,23H,7H2,1-3H3/t12-,13+,14+,17-/m0/s1. The highest BCUT2D eigenvalue weighted by Gasteiger charge is 2.56. The normalized spacial score (nSPS) is 29.2. The summed E-state index contributed by atoms with van der Waals surface area (Å²) >= 11 is 12.0. The molecular formula is C17H18Cl2O6. The van der Waals surface area contributed by atoms with Crippen LogP contribution in [-0.2, 0) is 23.9 Å². The van der Waals surface area contributed by atoms with E-state index in [1.54, 1.807) is 6.07 Å². The lowest BCUT2D eigenvalue weighted by Gasteiger charge is -2.43. The summed E-state index contributed by atoms with van der Waals surface area (Å²) in [4.78, 5) is 37.2. The second kappa shape index (κ2) is 7.32. The molecule has 136 valence electrons. The predicted octanol–water partition coefficient (Wildman–Crippen LogP) is 2.38. The molecule has 1 fully saturated rings. The van der Waals surface area contributed by atoms with Gasteiger partial charge in [-0.2, -0.15) is 0 Å². The van der Waals surface area contributed by atoms with Gasteiger partial charge in [-0.1, -0.05) is 29.3 Å². The molecule has 1 aliphatic rings. The van der Waals surface area contributed by atoms with E-state index in [0.29, 0.717) is 5.56 Å². The molecule has 1 saturated carbocycles. The van der Waals surface area contributed by atoms with Crippen LogP contribution in [-0.4, -0.2) is 42.6 Å². The van der Waals surface area contributed by atoms with Crippen LogP contribution in [0.25, 0.3) is 0 Å². The first kappa shape index (κ1) is 19.7. The molecule has 0 spiro atoms. The average molecular weight is 389 g/mol. The number of halogens is 2. The number of ketones is 1. The molecule has 1 aromatic carbocycles. The van der Waals surface area contributed by atoms with Crippen molar-refractivity contribution >= 4 is 40.9 Å². The zero-order valence-electron chi connectivity index (χ0n) is 13.9. The quantitative estimate of drug-likeness (QED) is 0.631. The Kier molecular flexibility index (Phi) is 5.76. The van der Waals surface area contributed by atoms with E-state index in [0.717, 1.165) is 7.11 Å². The Morgan fingerprint density at radius 1 is 1.16 bits per heavy atom. The first-order valence-corrected chi connectivity index (χ1v) is 8.25. The van der Waals surface area contributed by atoms with Crippen molar-refractivity contribution in [2.24, 2.45) is 11.8 Å². The summed E-state index contributed by atoms with van der Waals surface area (Å²) in [6, 6.07) is 4.52. The van der Waals surface area contributed by atoms with Gasteiger partial charge in [-0.15, -0.1) is 0 Å². The number of hydrogen-bond donors (Lipinski definition) is 1. The van der Waals surface area contributed by atoms with Crippen molar-refractivity contribution in [2.75, 3.05) is 14.2 Å². The van der Waals surface area contributed by atoms with Gasteiger partial charge in [0.05, 0.1) is 35.8 Å². The molecule has 0 bridgehead atoms. The molecule has 1 N–H and O–H groups in total. The number of rotatable bonds is 3. The van der Waals surface area contributed by atoms with Crippen LogP contribution in [0.1, 0.15) is 24.8 Å². The third kappa shape index (κ3) is 3.66. The highest BCUT2D eigenvalue weighted by atomic mass is 35.5. The molecule has 1 aliphatic carbocycles. The Hall–Kier alpha value is -1.63. The van der Waals surface area contributed by atoms with E-state index in [-0.39, 0.29) is 16.5 Å². The lowest BCUT2D eigenvalue weighted by atomic mass is 9.62. The summed E-state index contributed by atoms with van der Waals surface area (Å²) < 4.78 is 9.55. The van der Waals surface area contributed by atoms with Gasteiger partial charge >= 0.3 is 11.9 Å². The van der Waals surface area contributed by atoms with E-state index in [9.17, 15) is 19.5 Å². The SMILES string of the molecule is COC(=O)[C@@H]1C(=O)C[C@](C)(O)[C@@H](C(=O)OC)[C@H]1c1ccc(Cl)c(Cl)c1. The minimum absolute atomic E-state index is 0.198. The highest BCUT2D eigenvalue weighted by molar-refractivity contribution is 6.42. The molecule has 25 heavy (non-hydrogen) atoms. The van der Waals surface area contributed by atoms with Gasteiger partial charge in [-0.05, 0) is 24.6 Å². The Balaban J connectivity index is 2.68. The van der Waals surface area contributed by atoms with E-state index in [2.05, 4.69) is 0 Å². The number of ether oxygens (including phenoxy) is 2. The molecular weight excluding hydrogens is 371 g/mol. The molecule has 2 rings (SSSR count). The summed E-state index contributed by atoms with van der Waals surface area (Å²) in [7, 11) is 2.33. The van der Waals surface area contributed by atoms with Crippen molar-refractivity contribution in [1.82, 2.24) is 0 Å². The van der Waals surface area contributed by atoms with Crippen LogP contribution >= 0.6 is 23.2 Å². The topological polar surface area (TPSA) is 89.9 Å². The Labute approximate surface area is 155 Å². The van der Waals surface area contributed by atoms with Gasteiger partial charge in [-0.3, -0.25) is 14.4 Å². The van der Waals surface area contributed by atoms with E-state index in [1.807, 2.05) is 0 Å². The van der Waals surface area contributed by atoms with Gasteiger partial charge in [0.1, 0.15) is 5.92 Å². The molecule has 0 heterocycles. The van der Waals surface area contributed by atoms with Crippen molar-refractivity contribution < 1.29 is 29.0 Å². The maximum absolute atomic E-state index is 12.5. The van der Waals surface area contributed by atoms with Crippen molar-refractivity contribution in [2.45, 2.75) is 24.9 Å². The van der Waals surface area contributed by atoms with Crippen LogP contribution in [0.3, 0.4) is 0 Å². The van der Waals surface area contributed by atoms with Crippen LogP contribution < -0.4 is 0 Å². The van der Waals surface area contributed by atoms with Crippen molar-refractivity contribution in [3.63, 3.8) is 0 Å². The monoisotopic (exact) mass is 388 g/mol. The number of Topliss-reactive ketones (excluding diaryl/α,β-unsaturated/α-hetero) is 1. The summed E-state index contributed by atoms with van der Waals surface area (Å²) in [5.41, 5.74) is -1.28. The number of carbonyl (C=O) groups is 3. The van der Waals surface area contributed by atoms with Gasteiger partial charge in [0, 0.05) is 12.3 Å². The maximum atomic E-state index is 12.5. The van der Waals surface area contributed by atoms with E-state index >= 15 is 0 Å². The van der Waals surface area contributed by atoms with Gasteiger partial charge in [0.2, 0.25) is 0 Å². The van der Waals surface area contributed by atoms with Crippen LogP contribution in [0, 0.1) is 11.8 Å². The van der Waals surface area contributed by atoms with Crippen LogP contribution in [0.4, 0.5) is 0 Å². The number of hydrogen-bond acceptors (Lipinski definition) is 6. The lowest BCUT2D eigenvalue weighted by molar-refractivity contribution is -0.170. The molecule has 0 radical (unpaired) electrons. The number of esters is 2. The van der Waals surface area contributed by atoms with Crippen molar-refractivity contribution in [3.8, 4) is 0 Å². The first-order valence-electron chi connectivity index (χ1n) is 7.49. The number of aliphatic hydroxyl groups is 1. The van der Waals surface area contributed by atoms with Gasteiger partial charge < -0.3 is 14.6 Å². The predicted molar refractivity (Wildman–Crippen MR) is 90.5 cm³/mol. The van der Waals surface area contributed by atoms with Gasteiger partial charge in [-0.25, -0.2) is 0 Å². The summed E-state index contributed by atoms with van der Waals surface area (Å²) in [5, 5.41) is 11.2. The maximum Gasteiger partial charge on any atom is 0.316 e. The zero-order valence-corrected chi connectivity index (χ0v) is 15.4. The summed E-state index contributed by atoms with van der Waals surface area (Å²) in [6.07, 6.45) is -0.371. The van der Waals surface area contributed by atoms with Crippen molar-refractivity contribution in [3.05, 3.63) is 33.8 Å². The Morgan fingerprint density at radius 2 is 1.76 bits per heavy atom. The van der Waals surface area contributed by atoms with Gasteiger partial charge in [0.15, 0.2) is 5.78 Å². The Morgan fingerprint density at radius 3 is 2.28 bits per heavy atom. The van der Waals surface area contributed by atoms with Crippen molar-refractivity contribution in [1.29, 1.82) is 0 Å². The largest absolute Gasteiger partial charge is 0.469 e. The minimum atomic E-state index is -1.69. The van der Waals surface area contributed by atoms with Crippen LogP contribution in [0.15, 0.2) is 18.2 Å². The second-order valence-corrected chi connectivity index (χ2v) is 7.02. The van der Waals surface area contributed by atoms with Crippen LogP contribution in [0.5, 0.6) is 0 Å². The number of carbonyl (C=O) groups excluding carboxylic acids is 3. The fourth-order valence-corrected chi connectivity index (χ4v) is 3.70. The summed E-state index contributed by atoms with van der Waals surface area (Å²) in [6.45, 7) is 1.37. The molecule has 4 atom stereocenters. The van der Waals surface area contributed by atoms with Crippen LogP contribution in [0.2, 0.25) is 10.0 Å². The van der Waals surface area contributed by atoms with Gasteiger partial charge in [0.25, 0.3) is 0 Å². The molecule has 0 amide bonds. The molecule has 0 unspecified atom stereocenters. The molecule has 6 nitrogen and oxygen atoms in total. The number of methoxy groups -OCH3 is 2. The summed E-state index contributed by atoms with van der Waals surface area (Å²) in [5.74, 6) is -5.45. The highest BCUT2D eigenvalue weighted by Crippen LogP contribution is 2.47. The molecule has 1 aromatic rings. The first-order chi connectivity index (χ1) is 11.6. The fraction of sp³-hybridized carbons (Fsp3) is 0.471. The molecule has 8 heteroatoms. The van der Waals surface area contributed by atoms with E-state index < -0.39 is 41.1 Å². The zero-order chi connectivity index (χ0) is 18.9. The third-order valence-corrected chi connectivity index (χ3v) is 5.25.